The van der Waals surface area contributed by atoms with Crippen LogP contribution in [0.25, 0.3) is 0 Å². The zero-order valence-electron chi connectivity index (χ0n) is 10.7. The molecule has 0 aromatic heterocycles. The molecule has 0 aliphatic heterocycles. The molecule has 0 N–H and O–H groups in total. The molecular formula is C12H16F5NO. The molecule has 0 saturated heterocycles. The van der Waals surface area contributed by atoms with Gasteiger partial charge < -0.3 is 4.90 Å². The van der Waals surface area contributed by atoms with E-state index in [0.717, 1.165) is 4.90 Å². The van der Waals surface area contributed by atoms with E-state index in [1.165, 1.54) is 6.92 Å². The topological polar surface area (TPSA) is 20.3 Å². The van der Waals surface area contributed by atoms with Crippen LogP contribution in [-0.2, 0) is 4.79 Å². The number of halogens is 5. The van der Waals surface area contributed by atoms with E-state index in [9.17, 15) is 26.7 Å². The van der Waals surface area contributed by atoms with Gasteiger partial charge in [0.15, 0.2) is 0 Å². The average Bonchev–Trinajstić information content (AvgIpc) is 2.31. The summed E-state index contributed by atoms with van der Waals surface area (Å²) in [5.74, 6) is 0. The van der Waals surface area contributed by atoms with Crippen LogP contribution in [0.4, 0.5) is 22.0 Å². The van der Waals surface area contributed by atoms with Crippen molar-refractivity contribution in [3.05, 3.63) is 23.9 Å². The first-order valence-corrected chi connectivity index (χ1v) is 5.62. The third-order valence-corrected chi connectivity index (χ3v) is 2.59. The molecule has 0 bridgehead atoms. The van der Waals surface area contributed by atoms with Crippen molar-refractivity contribution in [2.24, 2.45) is 0 Å². The number of allylic oxidation sites excluding steroid dienone is 3. The number of hydrogen-bond acceptors (Lipinski definition) is 2. The molecular weight excluding hydrogens is 269 g/mol. The van der Waals surface area contributed by atoms with E-state index >= 15 is 0 Å². The van der Waals surface area contributed by atoms with Crippen molar-refractivity contribution in [3.8, 4) is 0 Å². The minimum Gasteiger partial charge on any atom is -0.357 e. The predicted molar refractivity (Wildman–Crippen MR) is 61.8 cm³/mol. The normalized spacial score (nSPS) is 13.8. The van der Waals surface area contributed by atoms with Crippen molar-refractivity contribution in [2.75, 3.05) is 6.54 Å². The van der Waals surface area contributed by atoms with E-state index in [-0.39, 0.29) is 0 Å². The Bertz CT molecular complexity index is 354. The fraction of sp³-hybridized carbons (Fsp3) is 0.583. The SMILES string of the molecule is C=C(C=C(C(F)F)N(CC(=O)F)C(C)CC)C(F)F. The second-order valence-corrected chi connectivity index (χ2v) is 3.99. The van der Waals surface area contributed by atoms with Crippen LogP contribution in [0.2, 0.25) is 0 Å². The van der Waals surface area contributed by atoms with Gasteiger partial charge in [-0.15, -0.1) is 0 Å². The third-order valence-electron chi connectivity index (χ3n) is 2.59. The molecule has 7 heteroatoms. The Morgan fingerprint density at radius 1 is 1.26 bits per heavy atom. The van der Waals surface area contributed by atoms with Gasteiger partial charge in [0.2, 0.25) is 0 Å². The van der Waals surface area contributed by atoms with E-state index in [1.807, 2.05) is 0 Å². The maximum atomic E-state index is 12.9. The quantitative estimate of drug-likeness (QED) is 0.386. The van der Waals surface area contributed by atoms with Crippen molar-refractivity contribution in [3.63, 3.8) is 0 Å². The highest BCUT2D eigenvalue weighted by Crippen LogP contribution is 2.22. The lowest BCUT2D eigenvalue weighted by atomic mass is 10.1. The summed E-state index contributed by atoms with van der Waals surface area (Å²) < 4.78 is 62.9. The summed E-state index contributed by atoms with van der Waals surface area (Å²) in [6.45, 7) is 5.19. The van der Waals surface area contributed by atoms with Crippen LogP contribution in [-0.4, -0.2) is 36.4 Å². The summed E-state index contributed by atoms with van der Waals surface area (Å²) >= 11 is 0. The minimum absolute atomic E-state index is 0.346. The van der Waals surface area contributed by atoms with E-state index in [1.54, 1.807) is 6.92 Å². The summed E-state index contributed by atoms with van der Waals surface area (Å²) in [5, 5.41) is 0. The molecule has 0 amide bonds. The van der Waals surface area contributed by atoms with Crippen molar-refractivity contribution < 1.29 is 26.7 Å². The van der Waals surface area contributed by atoms with Gasteiger partial charge in [0, 0.05) is 11.6 Å². The summed E-state index contributed by atoms with van der Waals surface area (Å²) in [6.07, 6.45) is -5.25. The number of hydrogen-bond donors (Lipinski definition) is 0. The van der Waals surface area contributed by atoms with Gasteiger partial charge in [-0.2, -0.15) is 4.39 Å². The fourth-order valence-electron chi connectivity index (χ4n) is 1.38. The summed E-state index contributed by atoms with van der Waals surface area (Å²) in [5.41, 5.74) is -1.64. The van der Waals surface area contributed by atoms with Crippen LogP contribution in [0.1, 0.15) is 20.3 Å². The Labute approximate surface area is 108 Å². The molecule has 1 unspecified atom stereocenters. The highest BCUT2D eigenvalue weighted by Gasteiger charge is 2.25. The molecule has 19 heavy (non-hydrogen) atoms. The van der Waals surface area contributed by atoms with Gasteiger partial charge in [0.05, 0.1) is 5.70 Å². The second kappa shape index (κ2) is 7.91. The Balaban J connectivity index is 5.39. The molecule has 0 heterocycles. The van der Waals surface area contributed by atoms with Crippen molar-refractivity contribution in [1.82, 2.24) is 4.90 Å². The van der Waals surface area contributed by atoms with Crippen molar-refractivity contribution in [1.29, 1.82) is 0 Å². The molecule has 110 valence electrons. The molecule has 0 aliphatic carbocycles. The van der Waals surface area contributed by atoms with Crippen LogP contribution in [0, 0.1) is 0 Å². The minimum atomic E-state index is -3.11. The summed E-state index contributed by atoms with van der Waals surface area (Å²) in [7, 11) is 0. The number of alkyl halides is 4. The molecule has 0 saturated carbocycles. The monoisotopic (exact) mass is 285 g/mol. The number of rotatable bonds is 8. The van der Waals surface area contributed by atoms with Crippen LogP contribution in [0.3, 0.4) is 0 Å². The molecule has 0 fully saturated rings. The first-order valence-electron chi connectivity index (χ1n) is 5.62. The fourth-order valence-corrected chi connectivity index (χ4v) is 1.38. The zero-order chi connectivity index (χ0) is 15.2. The largest absolute Gasteiger partial charge is 0.357 e. The van der Waals surface area contributed by atoms with E-state index in [2.05, 4.69) is 6.58 Å². The predicted octanol–water partition coefficient (Wildman–Crippen LogP) is 3.55. The molecule has 0 aromatic rings. The first-order chi connectivity index (χ1) is 8.70. The molecule has 1 atom stereocenters. The number of carbonyl (C=O) groups excluding carboxylic acids is 1. The van der Waals surface area contributed by atoms with Crippen LogP contribution in [0.15, 0.2) is 23.9 Å². The Hall–Kier alpha value is -1.40. The first kappa shape index (κ1) is 17.6. The molecule has 0 spiro atoms. The van der Waals surface area contributed by atoms with Gasteiger partial charge in [-0.1, -0.05) is 13.5 Å². The van der Waals surface area contributed by atoms with Crippen molar-refractivity contribution in [2.45, 2.75) is 39.2 Å². The standard InChI is InChI=1S/C12H16F5NO/c1-4-8(3)18(6-10(13)19)9(12(16)17)5-7(2)11(14)15/h5,8,11-12H,2,4,6H2,1,3H3. The number of carbonyl (C=O) groups is 1. The van der Waals surface area contributed by atoms with Gasteiger partial charge in [-0.05, 0) is 19.4 Å². The van der Waals surface area contributed by atoms with Crippen LogP contribution < -0.4 is 0 Å². The van der Waals surface area contributed by atoms with Gasteiger partial charge in [0.25, 0.3) is 12.9 Å². The van der Waals surface area contributed by atoms with Crippen molar-refractivity contribution >= 4 is 6.04 Å². The summed E-state index contributed by atoms with van der Waals surface area (Å²) in [6, 6.07) is -2.40. The smallest absolute Gasteiger partial charge is 0.320 e. The van der Waals surface area contributed by atoms with Gasteiger partial charge in [0.1, 0.15) is 6.54 Å². The molecule has 0 rings (SSSR count). The second-order valence-electron chi connectivity index (χ2n) is 3.99. The zero-order valence-corrected chi connectivity index (χ0v) is 10.7. The molecule has 2 nitrogen and oxygen atoms in total. The van der Waals surface area contributed by atoms with Crippen LogP contribution in [0.5, 0.6) is 0 Å². The average molecular weight is 285 g/mol. The van der Waals surface area contributed by atoms with Gasteiger partial charge >= 0.3 is 6.04 Å². The van der Waals surface area contributed by atoms with E-state index < -0.39 is 42.7 Å². The molecule has 0 aromatic carbocycles. The highest BCUT2D eigenvalue weighted by atomic mass is 19.3. The molecule has 0 aliphatic rings. The third kappa shape index (κ3) is 5.85. The van der Waals surface area contributed by atoms with E-state index in [4.69, 9.17) is 0 Å². The maximum absolute atomic E-state index is 12.9. The van der Waals surface area contributed by atoms with Gasteiger partial charge in [-0.3, -0.25) is 4.79 Å². The Kier molecular flexibility index (Phi) is 7.33. The lowest BCUT2D eigenvalue weighted by Crippen LogP contribution is -2.38. The maximum Gasteiger partial charge on any atom is 0.320 e. The highest BCUT2D eigenvalue weighted by molar-refractivity contribution is 5.70. The number of nitrogens with zero attached hydrogens (tertiary/aromatic N) is 1. The Morgan fingerprint density at radius 2 is 1.79 bits per heavy atom. The van der Waals surface area contributed by atoms with Gasteiger partial charge in [-0.25, -0.2) is 17.6 Å². The van der Waals surface area contributed by atoms with E-state index in [0.29, 0.717) is 12.5 Å². The lowest BCUT2D eigenvalue weighted by molar-refractivity contribution is -0.130. The summed E-state index contributed by atoms with van der Waals surface area (Å²) in [4.78, 5) is 11.2. The Morgan fingerprint density at radius 3 is 2.11 bits per heavy atom. The lowest BCUT2D eigenvalue weighted by Gasteiger charge is -2.31. The molecule has 0 radical (unpaired) electrons. The van der Waals surface area contributed by atoms with Crippen LogP contribution >= 0.6 is 0 Å².